The van der Waals surface area contributed by atoms with Gasteiger partial charge in [0, 0.05) is 17.8 Å². The Hall–Kier alpha value is -3.10. The maximum Gasteiger partial charge on any atom is 0.253 e. The van der Waals surface area contributed by atoms with Crippen LogP contribution in [0.4, 0.5) is 5.69 Å². The van der Waals surface area contributed by atoms with E-state index in [0.717, 1.165) is 12.8 Å². The molecule has 0 unspecified atom stereocenters. The van der Waals surface area contributed by atoms with Crippen LogP contribution in [0.3, 0.4) is 0 Å². The summed E-state index contributed by atoms with van der Waals surface area (Å²) in [5.41, 5.74) is 2.03. The van der Waals surface area contributed by atoms with E-state index in [9.17, 15) is 9.59 Å². The lowest BCUT2D eigenvalue weighted by atomic mass is 10.1. The molecule has 1 aliphatic carbocycles. The van der Waals surface area contributed by atoms with Crippen molar-refractivity contribution >= 4 is 35.2 Å². The summed E-state index contributed by atoms with van der Waals surface area (Å²) in [4.78, 5) is 24.1. The number of rotatable bonds is 5. The molecule has 2 amide bonds. The molecule has 1 saturated carbocycles. The predicted molar refractivity (Wildman–Crippen MR) is 101 cm³/mol. The summed E-state index contributed by atoms with van der Waals surface area (Å²) in [6.07, 6.45) is 4.92. The number of hydrogen-bond donors (Lipinski definition) is 2. The van der Waals surface area contributed by atoms with Gasteiger partial charge in [0.2, 0.25) is 5.91 Å². The van der Waals surface area contributed by atoms with Crippen LogP contribution in [-0.4, -0.2) is 17.9 Å². The largest absolute Gasteiger partial charge is 0.349 e. The van der Waals surface area contributed by atoms with Crippen LogP contribution < -0.4 is 10.6 Å². The Labute approximate surface area is 156 Å². The number of nitriles is 1. The highest BCUT2D eigenvalue weighted by Crippen LogP contribution is 2.24. The SMILES string of the molecule is N#Cc1ccccc1/C=C/C(=O)Nc1ccc(C(=O)NC2CC2)c(Cl)c1. The van der Waals surface area contributed by atoms with E-state index < -0.39 is 0 Å². The maximum atomic E-state index is 12.1. The second-order valence-electron chi connectivity index (χ2n) is 5.96. The lowest BCUT2D eigenvalue weighted by Crippen LogP contribution is -2.25. The third-order valence-electron chi connectivity index (χ3n) is 3.89. The molecular weight excluding hydrogens is 350 g/mol. The number of hydrogen-bond acceptors (Lipinski definition) is 3. The molecule has 0 heterocycles. The normalized spacial score (nSPS) is 13.2. The van der Waals surface area contributed by atoms with Crippen LogP contribution in [0.25, 0.3) is 6.08 Å². The highest BCUT2D eigenvalue weighted by molar-refractivity contribution is 6.34. The summed E-state index contributed by atoms with van der Waals surface area (Å²) < 4.78 is 0. The first-order valence-corrected chi connectivity index (χ1v) is 8.53. The topological polar surface area (TPSA) is 82.0 Å². The third-order valence-corrected chi connectivity index (χ3v) is 4.20. The number of carbonyl (C=O) groups is 2. The van der Waals surface area contributed by atoms with Crippen molar-refractivity contribution in [1.29, 1.82) is 5.26 Å². The Morgan fingerprint density at radius 1 is 1.19 bits per heavy atom. The standard InChI is InChI=1S/C20H16ClN3O2/c21-18-11-16(8-9-17(18)20(26)24-15-6-7-15)23-19(25)10-5-13-3-1-2-4-14(13)12-22/h1-5,8-11,15H,6-7H2,(H,23,25)(H,24,26)/b10-5+. The molecule has 1 aliphatic rings. The lowest BCUT2D eigenvalue weighted by Gasteiger charge is -2.08. The van der Waals surface area contributed by atoms with Gasteiger partial charge >= 0.3 is 0 Å². The molecule has 0 radical (unpaired) electrons. The minimum Gasteiger partial charge on any atom is -0.349 e. The van der Waals surface area contributed by atoms with Crippen molar-refractivity contribution < 1.29 is 9.59 Å². The van der Waals surface area contributed by atoms with Crippen molar-refractivity contribution in [2.45, 2.75) is 18.9 Å². The summed E-state index contributed by atoms with van der Waals surface area (Å²) in [5.74, 6) is -0.563. The zero-order chi connectivity index (χ0) is 18.5. The average molecular weight is 366 g/mol. The van der Waals surface area contributed by atoms with Crippen molar-refractivity contribution in [3.63, 3.8) is 0 Å². The van der Waals surface area contributed by atoms with Gasteiger partial charge in [-0.2, -0.15) is 5.26 Å². The Morgan fingerprint density at radius 3 is 2.65 bits per heavy atom. The molecule has 0 saturated heterocycles. The van der Waals surface area contributed by atoms with Gasteiger partial charge in [0.25, 0.3) is 5.91 Å². The third kappa shape index (κ3) is 4.50. The molecule has 3 rings (SSSR count). The fourth-order valence-electron chi connectivity index (χ4n) is 2.36. The van der Waals surface area contributed by atoms with E-state index in [1.54, 1.807) is 48.5 Å². The van der Waals surface area contributed by atoms with Crippen molar-refractivity contribution in [2.24, 2.45) is 0 Å². The quantitative estimate of drug-likeness (QED) is 0.791. The second-order valence-corrected chi connectivity index (χ2v) is 6.37. The minimum atomic E-state index is -0.357. The van der Waals surface area contributed by atoms with Gasteiger partial charge in [-0.25, -0.2) is 0 Å². The van der Waals surface area contributed by atoms with Crippen LogP contribution in [0.5, 0.6) is 0 Å². The second kappa shape index (κ2) is 7.85. The lowest BCUT2D eigenvalue weighted by molar-refractivity contribution is -0.111. The number of nitrogens with zero attached hydrogens (tertiary/aromatic N) is 1. The van der Waals surface area contributed by atoms with Gasteiger partial charge in [-0.05, 0) is 48.7 Å². The van der Waals surface area contributed by atoms with E-state index in [2.05, 4.69) is 16.7 Å². The number of amides is 2. The first-order valence-electron chi connectivity index (χ1n) is 8.15. The van der Waals surface area contributed by atoms with Crippen LogP contribution >= 0.6 is 11.6 Å². The fourth-order valence-corrected chi connectivity index (χ4v) is 2.63. The van der Waals surface area contributed by atoms with Crippen LogP contribution in [0.2, 0.25) is 5.02 Å². The molecular formula is C20H16ClN3O2. The van der Waals surface area contributed by atoms with Gasteiger partial charge in [-0.3, -0.25) is 9.59 Å². The summed E-state index contributed by atoms with van der Waals surface area (Å²) in [6.45, 7) is 0. The van der Waals surface area contributed by atoms with E-state index in [4.69, 9.17) is 16.9 Å². The Balaban J connectivity index is 1.65. The number of anilines is 1. The molecule has 5 nitrogen and oxygen atoms in total. The monoisotopic (exact) mass is 365 g/mol. The predicted octanol–water partition coefficient (Wildman–Crippen LogP) is 3.76. The zero-order valence-electron chi connectivity index (χ0n) is 13.8. The molecule has 0 atom stereocenters. The summed E-state index contributed by atoms with van der Waals surface area (Å²) in [7, 11) is 0. The molecule has 2 N–H and O–H groups in total. The van der Waals surface area contributed by atoms with Gasteiger partial charge < -0.3 is 10.6 Å². The first kappa shape index (κ1) is 17.7. The van der Waals surface area contributed by atoms with Gasteiger partial charge in [-0.15, -0.1) is 0 Å². The van der Waals surface area contributed by atoms with Gasteiger partial charge in [0.15, 0.2) is 0 Å². The van der Waals surface area contributed by atoms with Crippen LogP contribution in [0.1, 0.15) is 34.3 Å². The van der Waals surface area contributed by atoms with E-state index in [-0.39, 0.29) is 22.9 Å². The van der Waals surface area contributed by atoms with E-state index in [0.29, 0.717) is 22.4 Å². The van der Waals surface area contributed by atoms with Crippen molar-refractivity contribution in [3.8, 4) is 6.07 Å². The van der Waals surface area contributed by atoms with E-state index in [1.165, 1.54) is 6.08 Å². The Kier molecular flexibility index (Phi) is 5.35. The van der Waals surface area contributed by atoms with Gasteiger partial charge in [0.1, 0.15) is 0 Å². The molecule has 2 aromatic rings. The fraction of sp³-hybridized carbons (Fsp3) is 0.150. The molecule has 1 fully saturated rings. The van der Waals surface area contributed by atoms with Crippen LogP contribution in [0, 0.1) is 11.3 Å². The van der Waals surface area contributed by atoms with Crippen molar-refractivity contribution in [3.05, 3.63) is 70.3 Å². The smallest absolute Gasteiger partial charge is 0.253 e. The molecule has 0 aliphatic heterocycles. The molecule has 130 valence electrons. The van der Waals surface area contributed by atoms with Crippen LogP contribution in [-0.2, 0) is 4.79 Å². The zero-order valence-corrected chi connectivity index (χ0v) is 14.6. The average Bonchev–Trinajstić information content (AvgIpc) is 3.44. The van der Waals surface area contributed by atoms with E-state index in [1.807, 2.05) is 0 Å². The minimum absolute atomic E-state index is 0.205. The summed E-state index contributed by atoms with van der Waals surface area (Å²) in [6, 6.07) is 14.1. The molecule has 0 bridgehead atoms. The molecule has 2 aromatic carbocycles. The van der Waals surface area contributed by atoms with Gasteiger partial charge in [-0.1, -0.05) is 29.8 Å². The highest BCUT2D eigenvalue weighted by Gasteiger charge is 2.24. The molecule has 6 heteroatoms. The summed E-state index contributed by atoms with van der Waals surface area (Å²) >= 11 is 6.16. The molecule has 26 heavy (non-hydrogen) atoms. The number of nitrogens with one attached hydrogen (secondary N) is 2. The van der Waals surface area contributed by atoms with Crippen LogP contribution in [0.15, 0.2) is 48.5 Å². The molecule has 0 spiro atoms. The number of benzene rings is 2. The number of halogens is 1. The first-order chi connectivity index (χ1) is 12.6. The Morgan fingerprint density at radius 2 is 1.96 bits per heavy atom. The maximum absolute atomic E-state index is 12.1. The van der Waals surface area contributed by atoms with Gasteiger partial charge in [0.05, 0.1) is 22.2 Å². The van der Waals surface area contributed by atoms with Crippen molar-refractivity contribution in [1.82, 2.24) is 5.32 Å². The molecule has 0 aromatic heterocycles. The summed E-state index contributed by atoms with van der Waals surface area (Å²) in [5, 5.41) is 14.9. The van der Waals surface area contributed by atoms with Crippen molar-refractivity contribution in [2.75, 3.05) is 5.32 Å². The highest BCUT2D eigenvalue weighted by atomic mass is 35.5. The number of carbonyl (C=O) groups excluding carboxylic acids is 2. The Bertz CT molecular complexity index is 927. The van der Waals surface area contributed by atoms with E-state index >= 15 is 0 Å².